The summed E-state index contributed by atoms with van der Waals surface area (Å²) in [5.41, 5.74) is 2.57. The molecule has 0 saturated heterocycles. The van der Waals surface area contributed by atoms with E-state index in [-0.39, 0.29) is 18.4 Å². The van der Waals surface area contributed by atoms with E-state index in [0.717, 1.165) is 0 Å². The molecule has 0 fully saturated rings. The molecule has 3 aromatic rings. The van der Waals surface area contributed by atoms with E-state index in [1.165, 1.54) is 4.52 Å². The summed E-state index contributed by atoms with van der Waals surface area (Å²) in [7, 11) is 0. The van der Waals surface area contributed by atoms with E-state index in [0.29, 0.717) is 28.3 Å². The molecular formula is C15H14N4O3. The summed E-state index contributed by atoms with van der Waals surface area (Å²) in [5, 5.41) is 11.7. The largest absolute Gasteiger partial charge is 0.481 e. The fourth-order valence-electron chi connectivity index (χ4n) is 2.34. The monoisotopic (exact) mass is 298 g/mol. The van der Waals surface area contributed by atoms with Crippen LogP contribution in [0.4, 0.5) is 0 Å². The lowest BCUT2D eigenvalue weighted by Crippen LogP contribution is -2.22. The number of aliphatic carboxylic acids is 1. The molecule has 0 radical (unpaired) electrons. The Hall–Kier alpha value is -2.96. The first-order valence-electron chi connectivity index (χ1n) is 6.80. The third-order valence-electron chi connectivity index (χ3n) is 3.44. The van der Waals surface area contributed by atoms with Crippen molar-refractivity contribution in [3.05, 3.63) is 52.1 Å². The number of carboxylic acids is 1. The van der Waals surface area contributed by atoms with Crippen LogP contribution in [-0.2, 0) is 11.2 Å². The Morgan fingerprint density at radius 3 is 2.91 bits per heavy atom. The van der Waals surface area contributed by atoms with Crippen LogP contribution in [0.3, 0.4) is 0 Å². The fraction of sp³-hybridized carbons (Fsp3) is 0.200. The minimum atomic E-state index is -0.940. The van der Waals surface area contributed by atoms with Crippen LogP contribution in [-0.4, -0.2) is 30.7 Å². The molecule has 0 saturated carbocycles. The molecule has 0 aromatic carbocycles. The fourth-order valence-corrected chi connectivity index (χ4v) is 2.34. The van der Waals surface area contributed by atoms with Crippen molar-refractivity contribution in [1.82, 2.24) is 19.6 Å². The van der Waals surface area contributed by atoms with Crippen LogP contribution in [0.5, 0.6) is 0 Å². The number of aromatic amines is 1. The molecule has 0 atom stereocenters. The van der Waals surface area contributed by atoms with Crippen LogP contribution >= 0.6 is 0 Å². The molecule has 0 aliphatic heterocycles. The van der Waals surface area contributed by atoms with E-state index in [9.17, 15) is 9.59 Å². The summed E-state index contributed by atoms with van der Waals surface area (Å²) >= 11 is 0. The maximum absolute atomic E-state index is 12.5. The van der Waals surface area contributed by atoms with Gasteiger partial charge in [0.2, 0.25) is 0 Å². The third-order valence-corrected chi connectivity index (χ3v) is 3.44. The quantitative estimate of drug-likeness (QED) is 0.758. The zero-order valence-electron chi connectivity index (χ0n) is 11.9. The van der Waals surface area contributed by atoms with Crippen molar-refractivity contribution in [2.75, 3.05) is 0 Å². The van der Waals surface area contributed by atoms with Crippen molar-refractivity contribution in [3.8, 4) is 11.4 Å². The lowest BCUT2D eigenvalue weighted by atomic mass is 10.1. The molecule has 3 heterocycles. The van der Waals surface area contributed by atoms with Gasteiger partial charge >= 0.3 is 5.97 Å². The van der Waals surface area contributed by atoms with Gasteiger partial charge in [-0.05, 0) is 25.5 Å². The van der Waals surface area contributed by atoms with Crippen molar-refractivity contribution in [2.45, 2.75) is 19.8 Å². The molecule has 0 spiro atoms. The second-order valence-corrected chi connectivity index (χ2v) is 4.95. The lowest BCUT2D eigenvalue weighted by Gasteiger charge is -2.03. The maximum atomic E-state index is 12.5. The lowest BCUT2D eigenvalue weighted by molar-refractivity contribution is -0.136. The first kappa shape index (κ1) is 14.0. The number of H-pyrrole nitrogens is 1. The second kappa shape index (κ2) is 5.44. The normalized spacial score (nSPS) is 11.0. The first-order chi connectivity index (χ1) is 10.6. The van der Waals surface area contributed by atoms with E-state index in [2.05, 4.69) is 15.1 Å². The second-order valence-electron chi connectivity index (χ2n) is 4.95. The SMILES string of the molecule is Cc1nc2cc(-c3ccccn3)[nH]n2c(=O)c1CCC(=O)O. The van der Waals surface area contributed by atoms with Gasteiger partial charge in [-0.3, -0.25) is 19.7 Å². The number of rotatable bonds is 4. The number of pyridine rings is 1. The molecule has 0 bridgehead atoms. The van der Waals surface area contributed by atoms with Gasteiger partial charge < -0.3 is 5.11 Å². The van der Waals surface area contributed by atoms with Gasteiger partial charge in [0.1, 0.15) is 0 Å². The molecule has 112 valence electrons. The molecule has 0 amide bonds. The Labute approximate surface area is 125 Å². The predicted octanol–water partition coefficient (Wildman–Crippen LogP) is 1.41. The third kappa shape index (κ3) is 2.48. The van der Waals surface area contributed by atoms with Gasteiger partial charge in [-0.1, -0.05) is 6.07 Å². The first-order valence-corrected chi connectivity index (χ1v) is 6.80. The molecule has 0 unspecified atom stereocenters. The standard InChI is InChI=1S/C15H14N4O3/c1-9-10(5-6-14(20)21)15(22)19-13(17-9)8-12(18-19)11-4-2-3-7-16-11/h2-4,7-8,18H,5-6H2,1H3,(H,20,21). The minimum absolute atomic E-state index is 0.0996. The zero-order valence-corrected chi connectivity index (χ0v) is 11.9. The highest BCUT2D eigenvalue weighted by Crippen LogP contribution is 2.16. The van der Waals surface area contributed by atoms with Crippen molar-refractivity contribution in [2.24, 2.45) is 0 Å². The number of fused-ring (bicyclic) bond motifs is 1. The number of nitrogens with one attached hydrogen (secondary N) is 1. The molecular weight excluding hydrogens is 284 g/mol. The van der Waals surface area contributed by atoms with Crippen molar-refractivity contribution in [3.63, 3.8) is 0 Å². The Kier molecular flexibility index (Phi) is 3.46. The summed E-state index contributed by atoms with van der Waals surface area (Å²) < 4.78 is 1.33. The summed E-state index contributed by atoms with van der Waals surface area (Å²) in [6.07, 6.45) is 1.73. The van der Waals surface area contributed by atoms with E-state index >= 15 is 0 Å². The zero-order chi connectivity index (χ0) is 15.7. The Balaban J connectivity index is 2.11. The van der Waals surface area contributed by atoms with E-state index in [1.54, 1.807) is 19.2 Å². The van der Waals surface area contributed by atoms with E-state index < -0.39 is 5.97 Å². The highest BCUT2D eigenvalue weighted by molar-refractivity contribution is 5.67. The summed E-state index contributed by atoms with van der Waals surface area (Å²) in [6, 6.07) is 7.24. The average Bonchev–Trinajstić information content (AvgIpc) is 2.92. The van der Waals surface area contributed by atoms with Gasteiger partial charge in [0.15, 0.2) is 5.65 Å². The van der Waals surface area contributed by atoms with Crippen molar-refractivity contribution in [1.29, 1.82) is 0 Å². The van der Waals surface area contributed by atoms with Gasteiger partial charge in [0.05, 0.1) is 11.4 Å². The van der Waals surface area contributed by atoms with Crippen molar-refractivity contribution < 1.29 is 9.90 Å². The summed E-state index contributed by atoms with van der Waals surface area (Å²) in [4.78, 5) is 31.8. The van der Waals surface area contributed by atoms with Gasteiger partial charge in [0, 0.05) is 29.9 Å². The molecule has 0 aliphatic carbocycles. The minimum Gasteiger partial charge on any atom is -0.481 e. The summed E-state index contributed by atoms with van der Waals surface area (Å²) in [5.74, 6) is -0.940. The maximum Gasteiger partial charge on any atom is 0.303 e. The van der Waals surface area contributed by atoms with E-state index in [1.807, 2.05) is 18.2 Å². The predicted molar refractivity (Wildman–Crippen MR) is 79.7 cm³/mol. The Morgan fingerprint density at radius 1 is 1.41 bits per heavy atom. The number of aromatic nitrogens is 4. The average molecular weight is 298 g/mol. The molecule has 3 aromatic heterocycles. The number of aryl methyl sites for hydroxylation is 1. The highest BCUT2D eigenvalue weighted by atomic mass is 16.4. The van der Waals surface area contributed by atoms with Gasteiger partial charge in [-0.15, -0.1) is 0 Å². The van der Waals surface area contributed by atoms with Gasteiger partial charge in [0.25, 0.3) is 5.56 Å². The van der Waals surface area contributed by atoms with Gasteiger partial charge in [-0.2, -0.15) is 0 Å². The van der Waals surface area contributed by atoms with Crippen LogP contribution in [0.15, 0.2) is 35.3 Å². The summed E-state index contributed by atoms with van der Waals surface area (Å²) in [6.45, 7) is 1.71. The Bertz CT molecular complexity index is 896. The van der Waals surface area contributed by atoms with E-state index in [4.69, 9.17) is 5.11 Å². The molecule has 3 rings (SSSR count). The van der Waals surface area contributed by atoms with Crippen molar-refractivity contribution >= 4 is 11.6 Å². The topological polar surface area (TPSA) is 100 Å². The number of hydrogen-bond donors (Lipinski definition) is 2. The van der Waals surface area contributed by atoms with Crippen LogP contribution in [0.2, 0.25) is 0 Å². The molecule has 7 heteroatoms. The Morgan fingerprint density at radius 2 is 2.23 bits per heavy atom. The molecule has 22 heavy (non-hydrogen) atoms. The highest BCUT2D eigenvalue weighted by Gasteiger charge is 2.14. The molecule has 2 N–H and O–H groups in total. The molecule has 0 aliphatic rings. The van der Waals surface area contributed by atoms with Gasteiger partial charge in [-0.25, -0.2) is 9.50 Å². The van der Waals surface area contributed by atoms with Crippen LogP contribution in [0.25, 0.3) is 17.0 Å². The van der Waals surface area contributed by atoms with Crippen LogP contribution < -0.4 is 5.56 Å². The number of nitrogens with zero attached hydrogens (tertiary/aromatic N) is 3. The van der Waals surface area contributed by atoms with Crippen LogP contribution in [0.1, 0.15) is 17.7 Å². The number of hydrogen-bond acceptors (Lipinski definition) is 4. The smallest absolute Gasteiger partial charge is 0.303 e. The molecule has 7 nitrogen and oxygen atoms in total. The number of carbonyl (C=O) groups is 1. The number of carboxylic acid groups (broad SMARTS) is 1. The van der Waals surface area contributed by atoms with Crippen LogP contribution in [0, 0.1) is 6.92 Å².